The Labute approximate surface area is 101 Å². The van der Waals surface area contributed by atoms with Crippen LogP contribution in [-0.2, 0) is 16.6 Å². The number of nitrogens with two attached hydrogens (primary N) is 1. The highest BCUT2D eigenvalue weighted by Crippen LogP contribution is 2.24. The Hall–Kier alpha value is -0.430. The van der Waals surface area contributed by atoms with Crippen molar-refractivity contribution in [1.29, 1.82) is 0 Å². The summed E-state index contributed by atoms with van der Waals surface area (Å²) in [6, 6.07) is 1.64. The molecule has 0 fully saturated rings. The van der Waals surface area contributed by atoms with Crippen LogP contribution in [0.2, 0.25) is 0 Å². The summed E-state index contributed by atoms with van der Waals surface area (Å²) in [5.74, 6) is 0. The molecule has 0 spiro atoms. The second-order valence-corrected chi connectivity index (χ2v) is 6.32. The van der Waals surface area contributed by atoms with Crippen molar-refractivity contribution in [3.8, 4) is 0 Å². The van der Waals surface area contributed by atoms with Gasteiger partial charge in [0.15, 0.2) is 0 Å². The number of hydrogen-bond donors (Lipinski definition) is 1. The Morgan fingerprint density at radius 1 is 1.44 bits per heavy atom. The number of hydrogen-bond acceptors (Lipinski definition) is 4. The van der Waals surface area contributed by atoms with Gasteiger partial charge in [0, 0.05) is 24.5 Å². The van der Waals surface area contributed by atoms with Crippen molar-refractivity contribution < 1.29 is 8.42 Å². The minimum atomic E-state index is -3.35. The molecule has 0 saturated carbocycles. The molecule has 1 aromatic rings. The topological polar surface area (TPSA) is 63.4 Å². The van der Waals surface area contributed by atoms with Crippen LogP contribution in [0.5, 0.6) is 0 Å². The minimum Gasteiger partial charge on any atom is -0.326 e. The third kappa shape index (κ3) is 2.63. The van der Waals surface area contributed by atoms with E-state index in [-0.39, 0.29) is 6.54 Å². The molecule has 0 saturated heterocycles. The third-order valence-electron chi connectivity index (χ3n) is 2.33. The van der Waals surface area contributed by atoms with E-state index in [4.69, 9.17) is 5.73 Å². The van der Waals surface area contributed by atoms with Crippen molar-refractivity contribution >= 4 is 21.4 Å². The predicted molar refractivity (Wildman–Crippen MR) is 66.9 cm³/mol. The zero-order valence-corrected chi connectivity index (χ0v) is 11.3. The molecular weight excluding hydrogens is 244 g/mol. The molecule has 0 aliphatic rings. The fourth-order valence-corrected chi connectivity index (χ4v) is 4.39. The van der Waals surface area contributed by atoms with Crippen molar-refractivity contribution in [3.63, 3.8) is 0 Å². The van der Waals surface area contributed by atoms with Crippen LogP contribution in [0.25, 0.3) is 0 Å². The SMILES string of the molecule is CCCN(CC)S(=O)(=O)c1ccsc1CN. The van der Waals surface area contributed by atoms with E-state index >= 15 is 0 Å². The largest absolute Gasteiger partial charge is 0.326 e. The number of nitrogens with zero attached hydrogens (tertiary/aromatic N) is 1. The zero-order valence-electron chi connectivity index (χ0n) is 9.64. The van der Waals surface area contributed by atoms with Gasteiger partial charge >= 0.3 is 0 Å². The van der Waals surface area contributed by atoms with Crippen molar-refractivity contribution in [2.24, 2.45) is 5.73 Å². The lowest BCUT2D eigenvalue weighted by Gasteiger charge is -2.19. The Bertz CT molecular complexity index is 426. The van der Waals surface area contributed by atoms with Gasteiger partial charge in [-0.25, -0.2) is 8.42 Å². The van der Waals surface area contributed by atoms with Crippen molar-refractivity contribution in [3.05, 3.63) is 16.3 Å². The Morgan fingerprint density at radius 3 is 2.62 bits per heavy atom. The fourth-order valence-electron chi connectivity index (χ4n) is 1.54. The molecular formula is C10H18N2O2S2. The van der Waals surface area contributed by atoms with Gasteiger partial charge in [0.05, 0.1) is 4.90 Å². The molecule has 16 heavy (non-hydrogen) atoms. The van der Waals surface area contributed by atoms with Crippen LogP contribution in [-0.4, -0.2) is 25.8 Å². The molecule has 0 radical (unpaired) electrons. The van der Waals surface area contributed by atoms with Gasteiger partial charge in [0.1, 0.15) is 0 Å². The van der Waals surface area contributed by atoms with Gasteiger partial charge in [-0.15, -0.1) is 11.3 Å². The second kappa shape index (κ2) is 5.77. The molecule has 0 amide bonds. The van der Waals surface area contributed by atoms with E-state index in [9.17, 15) is 8.42 Å². The fraction of sp³-hybridized carbons (Fsp3) is 0.600. The quantitative estimate of drug-likeness (QED) is 0.847. The van der Waals surface area contributed by atoms with E-state index in [1.807, 2.05) is 13.8 Å². The highest BCUT2D eigenvalue weighted by molar-refractivity contribution is 7.89. The van der Waals surface area contributed by atoms with Crippen LogP contribution in [0.3, 0.4) is 0 Å². The monoisotopic (exact) mass is 262 g/mol. The van der Waals surface area contributed by atoms with Gasteiger partial charge in [0.2, 0.25) is 10.0 Å². The first-order chi connectivity index (χ1) is 7.57. The van der Waals surface area contributed by atoms with Crippen LogP contribution in [0.4, 0.5) is 0 Å². The molecule has 0 atom stereocenters. The first-order valence-corrected chi connectivity index (χ1v) is 7.66. The average Bonchev–Trinajstić information content (AvgIpc) is 2.74. The van der Waals surface area contributed by atoms with Crippen molar-refractivity contribution in [1.82, 2.24) is 4.31 Å². The summed E-state index contributed by atoms with van der Waals surface area (Å²) in [4.78, 5) is 1.10. The minimum absolute atomic E-state index is 0.274. The highest BCUT2D eigenvalue weighted by Gasteiger charge is 2.25. The Balaban J connectivity index is 3.09. The van der Waals surface area contributed by atoms with Gasteiger partial charge in [-0.05, 0) is 17.9 Å². The summed E-state index contributed by atoms with van der Waals surface area (Å²) >= 11 is 1.39. The van der Waals surface area contributed by atoms with Crippen molar-refractivity contribution in [2.75, 3.05) is 13.1 Å². The summed E-state index contributed by atoms with van der Waals surface area (Å²) in [5.41, 5.74) is 5.53. The lowest BCUT2D eigenvalue weighted by Crippen LogP contribution is -2.32. The summed E-state index contributed by atoms with van der Waals surface area (Å²) < 4.78 is 26.0. The number of thiophene rings is 1. The van der Waals surface area contributed by atoms with E-state index in [1.54, 1.807) is 11.4 Å². The van der Waals surface area contributed by atoms with Gasteiger partial charge in [-0.2, -0.15) is 4.31 Å². The summed E-state index contributed by atoms with van der Waals surface area (Å²) in [5, 5.41) is 1.77. The molecule has 0 aromatic carbocycles. The second-order valence-electron chi connectivity index (χ2n) is 3.41. The standard InChI is InChI=1S/C10H18N2O2S2/c1-3-6-12(4-2)16(13,14)10-5-7-15-9(10)8-11/h5,7H,3-4,6,8,11H2,1-2H3. The molecule has 0 aliphatic heterocycles. The Morgan fingerprint density at radius 2 is 2.12 bits per heavy atom. The first-order valence-electron chi connectivity index (χ1n) is 5.34. The highest BCUT2D eigenvalue weighted by atomic mass is 32.2. The van der Waals surface area contributed by atoms with Crippen LogP contribution in [0.15, 0.2) is 16.3 Å². The zero-order chi connectivity index (χ0) is 12.2. The third-order valence-corrected chi connectivity index (χ3v) is 5.46. The van der Waals surface area contributed by atoms with Gasteiger partial charge < -0.3 is 5.73 Å². The molecule has 1 rings (SSSR count). The number of rotatable bonds is 6. The molecule has 6 heteroatoms. The van der Waals surface area contributed by atoms with E-state index in [2.05, 4.69) is 0 Å². The van der Waals surface area contributed by atoms with Crippen LogP contribution >= 0.6 is 11.3 Å². The molecule has 92 valence electrons. The maximum absolute atomic E-state index is 12.3. The maximum Gasteiger partial charge on any atom is 0.244 e. The van der Waals surface area contributed by atoms with Crippen molar-refractivity contribution in [2.45, 2.75) is 31.7 Å². The summed E-state index contributed by atoms with van der Waals surface area (Å²) in [7, 11) is -3.35. The van der Waals surface area contributed by atoms with Gasteiger partial charge in [0.25, 0.3) is 0 Å². The lowest BCUT2D eigenvalue weighted by molar-refractivity contribution is 0.427. The molecule has 2 N–H and O–H groups in total. The van der Waals surface area contributed by atoms with Gasteiger partial charge in [-0.1, -0.05) is 13.8 Å². The molecule has 0 aliphatic carbocycles. The van der Waals surface area contributed by atoms with E-state index < -0.39 is 10.0 Å². The molecule has 1 aromatic heterocycles. The maximum atomic E-state index is 12.3. The number of sulfonamides is 1. The van der Waals surface area contributed by atoms with Gasteiger partial charge in [-0.3, -0.25) is 0 Å². The normalized spacial score (nSPS) is 12.2. The van der Waals surface area contributed by atoms with E-state index in [0.717, 1.165) is 11.3 Å². The van der Waals surface area contributed by atoms with E-state index in [1.165, 1.54) is 15.6 Å². The first kappa shape index (κ1) is 13.6. The molecule has 0 unspecified atom stereocenters. The molecule has 4 nitrogen and oxygen atoms in total. The molecule has 1 heterocycles. The lowest BCUT2D eigenvalue weighted by atomic mass is 10.5. The van der Waals surface area contributed by atoms with Crippen LogP contribution in [0.1, 0.15) is 25.1 Å². The Kier molecular flexibility index (Phi) is 4.91. The smallest absolute Gasteiger partial charge is 0.244 e. The summed E-state index contributed by atoms with van der Waals surface area (Å²) in [6.07, 6.45) is 0.815. The molecule has 0 bridgehead atoms. The van der Waals surface area contributed by atoms with Crippen LogP contribution in [0, 0.1) is 0 Å². The average molecular weight is 262 g/mol. The predicted octanol–water partition coefficient (Wildman–Crippen LogP) is 1.63. The summed E-state index contributed by atoms with van der Waals surface area (Å²) in [6.45, 7) is 5.14. The van der Waals surface area contributed by atoms with E-state index in [0.29, 0.717) is 18.0 Å². The van der Waals surface area contributed by atoms with Crippen LogP contribution < -0.4 is 5.73 Å².